The van der Waals surface area contributed by atoms with Crippen LogP contribution in [0.15, 0.2) is 24.3 Å². The second-order valence-electron chi connectivity index (χ2n) is 2.65. The molecule has 0 saturated heterocycles. The number of benzene rings is 1. The summed E-state index contributed by atoms with van der Waals surface area (Å²) in [5.41, 5.74) is 0.915. The molecule has 0 heterocycles. The van der Waals surface area contributed by atoms with Crippen molar-refractivity contribution in [3.05, 3.63) is 29.8 Å². The third-order valence-corrected chi connectivity index (χ3v) is 1.45. The van der Waals surface area contributed by atoms with Crippen LogP contribution in [0.4, 0.5) is 4.39 Å². The molecule has 1 rings (SSSR count). The number of halogens is 1. The highest BCUT2D eigenvalue weighted by Gasteiger charge is 1.99. The Labute approximate surface area is 65.5 Å². The van der Waals surface area contributed by atoms with Crippen molar-refractivity contribution in [1.29, 1.82) is 0 Å². The monoisotopic (exact) mass is 154 g/mol. The van der Waals surface area contributed by atoms with E-state index in [-0.39, 0.29) is 5.75 Å². The van der Waals surface area contributed by atoms with Crippen molar-refractivity contribution >= 4 is 0 Å². The zero-order valence-electron chi connectivity index (χ0n) is 6.42. The summed E-state index contributed by atoms with van der Waals surface area (Å²) in [6, 6.07) is 6.59. The van der Waals surface area contributed by atoms with Gasteiger partial charge in [-0.15, -0.1) is 0 Å². The third kappa shape index (κ3) is 2.58. The van der Waals surface area contributed by atoms with E-state index in [0.717, 1.165) is 5.56 Å². The molecule has 0 amide bonds. The first-order valence-corrected chi connectivity index (χ1v) is 3.60. The average molecular weight is 154 g/mol. The van der Waals surface area contributed by atoms with Crippen molar-refractivity contribution in [3.63, 3.8) is 0 Å². The predicted octanol–water partition coefficient (Wildman–Crippen LogP) is 2.29. The van der Waals surface area contributed by atoms with Crippen LogP contribution >= 0.6 is 0 Å². The Kier molecular flexibility index (Phi) is 2.47. The Morgan fingerprint density at radius 3 is 2.36 bits per heavy atom. The standard InChI is InChI=1S/C9H11FO/c1-7(10)6-8-2-4-9(11)5-3-8/h2-5,7,11H,6H2,1H3. The van der Waals surface area contributed by atoms with Crippen LogP contribution in [0.2, 0.25) is 0 Å². The number of phenolic OH excluding ortho intramolecular Hbond substituents is 1. The SMILES string of the molecule is CC(F)Cc1ccc(O)cc1. The third-order valence-electron chi connectivity index (χ3n) is 1.45. The fraction of sp³-hybridized carbons (Fsp3) is 0.333. The molecule has 1 aromatic rings. The van der Waals surface area contributed by atoms with Crippen molar-refractivity contribution in [2.24, 2.45) is 0 Å². The second kappa shape index (κ2) is 3.37. The highest BCUT2D eigenvalue weighted by atomic mass is 19.1. The molecule has 0 aromatic heterocycles. The Bertz CT molecular complexity index is 216. The van der Waals surface area contributed by atoms with Gasteiger partial charge in [0.1, 0.15) is 11.9 Å². The molecule has 11 heavy (non-hydrogen) atoms. The summed E-state index contributed by atoms with van der Waals surface area (Å²) in [6.07, 6.45) is -0.403. The van der Waals surface area contributed by atoms with Gasteiger partial charge in [0.05, 0.1) is 0 Å². The van der Waals surface area contributed by atoms with Gasteiger partial charge in [-0.3, -0.25) is 0 Å². The Morgan fingerprint density at radius 2 is 1.91 bits per heavy atom. The van der Waals surface area contributed by atoms with Gasteiger partial charge in [-0.25, -0.2) is 4.39 Å². The number of hydrogen-bond acceptors (Lipinski definition) is 1. The fourth-order valence-electron chi connectivity index (χ4n) is 0.957. The lowest BCUT2D eigenvalue weighted by Crippen LogP contribution is -1.97. The minimum atomic E-state index is -0.820. The van der Waals surface area contributed by atoms with Crippen LogP contribution in [-0.4, -0.2) is 11.3 Å². The minimum absolute atomic E-state index is 0.222. The van der Waals surface area contributed by atoms with Crippen molar-refractivity contribution in [2.75, 3.05) is 0 Å². The van der Waals surface area contributed by atoms with Crippen molar-refractivity contribution in [1.82, 2.24) is 0 Å². The molecule has 60 valence electrons. The van der Waals surface area contributed by atoms with E-state index in [9.17, 15) is 4.39 Å². The molecule has 0 spiro atoms. The molecular weight excluding hydrogens is 143 g/mol. The van der Waals surface area contributed by atoms with Crippen LogP contribution < -0.4 is 0 Å². The lowest BCUT2D eigenvalue weighted by molar-refractivity contribution is 0.360. The average Bonchev–Trinajstić information content (AvgIpc) is 1.93. The lowest BCUT2D eigenvalue weighted by Gasteiger charge is -2.01. The van der Waals surface area contributed by atoms with E-state index in [1.807, 2.05) is 0 Å². The number of hydrogen-bond donors (Lipinski definition) is 1. The predicted molar refractivity (Wildman–Crippen MR) is 42.4 cm³/mol. The summed E-state index contributed by atoms with van der Waals surface area (Å²) < 4.78 is 12.4. The summed E-state index contributed by atoms with van der Waals surface area (Å²) in [5, 5.41) is 8.90. The number of phenols is 1. The molecule has 0 bridgehead atoms. The van der Waals surface area contributed by atoms with E-state index >= 15 is 0 Å². The molecule has 1 unspecified atom stereocenters. The van der Waals surface area contributed by atoms with Crippen LogP contribution in [0.5, 0.6) is 5.75 Å². The molecule has 0 aliphatic carbocycles. The second-order valence-corrected chi connectivity index (χ2v) is 2.65. The molecule has 1 atom stereocenters. The lowest BCUT2D eigenvalue weighted by atomic mass is 10.1. The first-order chi connectivity index (χ1) is 5.18. The normalized spacial score (nSPS) is 12.9. The highest BCUT2D eigenvalue weighted by molar-refractivity contribution is 5.26. The molecule has 1 aromatic carbocycles. The Balaban J connectivity index is 2.66. The number of alkyl halides is 1. The van der Waals surface area contributed by atoms with Gasteiger partial charge in [-0.1, -0.05) is 12.1 Å². The van der Waals surface area contributed by atoms with E-state index in [2.05, 4.69) is 0 Å². The van der Waals surface area contributed by atoms with Gasteiger partial charge >= 0.3 is 0 Å². The summed E-state index contributed by atoms with van der Waals surface area (Å²) in [6.45, 7) is 1.52. The molecule has 1 N–H and O–H groups in total. The van der Waals surface area contributed by atoms with Gasteiger partial charge in [0.15, 0.2) is 0 Å². The van der Waals surface area contributed by atoms with Crippen LogP contribution in [0.25, 0.3) is 0 Å². The maximum atomic E-state index is 12.4. The molecular formula is C9H11FO. The minimum Gasteiger partial charge on any atom is -0.508 e. The molecule has 1 nitrogen and oxygen atoms in total. The van der Waals surface area contributed by atoms with Crippen LogP contribution in [0, 0.1) is 0 Å². The molecule has 0 radical (unpaired) electrons. The van der Waals surface area contributed by atoms with Crippen molar-refractivity contribution in [2.45, 2.75) is 19.5 Å². The van der Waals surface area contributed by atoms with E-state index < -0.39 is 6.17 Å². The van der Waals surface area contributed by atoms with E-state index in [0.29, 0.717) is 6.42 Å². The van der Waals surface area contributed by atoms with Gasteiger partial charge in [0, 0.05) is 6.42 Å². The van der Waals surface area contributed by atoms with Crippen LogP contribution in [0.1, 0.15) is 12.5 Å². The Hall–Kier alpha value is -1.05. The first-order valence-electron chi connectivity index (χ1n) is 3.60. The van der Waals surface area contributed by atoms with Crippen molar-refractivity contribution in [3.8, 4) is 5.75 Å². The molecule has 0 fully saturated rings. The van der Waals surface area contributed by atoms with Gasteiger partial charge in [-0.05, 0) is 24.6 Å². The summed E-state index contributed by atoms with van der Waals surface area (Å²) in [5.74, 6) is 0.222. The van der Waals surface area contributed by atoms with E-state index in [1.165, 1.54) is 6.92 Å². The van der Waals surface area contributed by atoms with E-state index in [4.69, 9.17) is 5.11 Å². The molecule has 0 aliphatic heterocycles. The number of aromatic hydroxyl groups is 1. The quantitative estimate of drug-likeness (QED) is 0.693. The smallest absolute Gasteiger partial charge is 0.115 e. The first kappa shape index (κ1) is 8.05. The van der Waals surface area contributed by atoms with Crippen LogP contribution in [-0.2, 0) is 6.42 Å². The summed E-state index contributed by atoms with van der Waals surface area (Å²) in [4.78, 5) is 0. The maximum absolute atomic E-state index is 12.4. The molecule has 2 heteroatoms. The number of rotatable bonds is 2. The van der Waals surface area contributed by atoms with Crippen molar-refractivity contribution < 1.29 is 9.50 Å². The van der Waals surface area contributed by atoms with Crippen LogP contribution in [0.3, 0.4) is 0 Å². The molecule has 0 aliphatic rings. The van der Waals surface area contributed by atoms with Gasteiger partial charge in [0.25, 0.3) is 0 Å². The largest absolute Gasteiger partial charge is 0.508 e. The fourth-order valence-corrected chi connectivity index (χ4v) is 0.957. The summed E-state index contributed by atoms with van der Waals surface area (Å²) in [7, 11) is 0. The highest BCUT2D eigenvalue weighted by Crippen LogP contribution is 2.11. The topological polar surface area (TPSA) is 20.2 Å². The van der Waals surface area contributed by atoms with E-state index in [1.54, 1.807) is 24.3 Å². The Morgan fingerprint density at radius 1 is 1.36 bits per heavy atom. The maximum Gasteiger partial charge on any atom is 0.115 e. The zero-order chi connectivity index (χ0) is 8.27. The van der Waals surface area contributed by atoms with Gasteiger partial charge in [-0.2, -0.15) is 0 Å². The summed E-state index contributed by atoms with van der Waals surface area (Å²) >= 11 is 0. The van der Waals surface area contributed by atoms with Gasteiger partial charge in [0.2, 0.25) is 0 Å². The zero-order valence-corrected chi connectivity index (χ0v) is 6.42. The molecule has 0 saturated carbocycles. The van der Waals surface area contributed by atoms with Gasteiger partial charge < -0.3 is 5.11 Å².